The number of aryl methyl sites for hydroxylation is 1. The van der Waals surface area contributed by atoms with E-state index in [-0.39, 0.29) is 5.91 Å². The van der Waals surface area contributed by atoms with Gasteiger partial charge in [-0.15, -0.1) is 0 Å². The summed E-state index contributed by atoms with van der Waals surface area (Å²) in [7, 11) is 0. The van der Waals surface area contributed by atoms with E-state index < -0.39 is 0 Å². The first-order chi connectivity index (χ1) is 19.1. The highest BCUT2D eigenvalue weighted by atomic mass is 16.5. The van der Waals surface area contributed by atoms with E-state index in [2.05, 4.69) is 49.9 Å². The number of para-hydroxylation sites is 1. The Hall–Kier alpha value is -3.11. The van der Waals surface area contributed by atoms with Crippen molar-refractivity contribution >= 4 is 5.91 Å². The normalized spacial score (nSPS) is 11.1. The van der Waals surface area contributed by atoms with Gasteiger partial charge in [0.05, 0.1) is 0 Å². The summed E-state index contributed by atoms with van der Waals surface area (Å²) in [6.07, 6.45) is 9.51. The second-order valence-corrected chi connectivity index (χ2v) is 10.5. The smallest absolute Gasteiger partial charge is 0.254 e. The van der Waals surface area contributed by atoms with Crippen LogP contribution in [-0.2, 0) is 13.0 Å². The molecule has 0 saturated carbocycles. The Balaban J connectivity index is 1.71. The number of unbranched alkanes of at least 4 members (excludes halogenated alkanes) is 4. The summed E-state index contributed by atoms with van der Waals surface area (Å²) in [6, 6.07) is 26.2. The van der Waals surface area contributed by atoms with Crippen molar-refractivity contribution in [1.82, 2.24) is 9.80 Å². The Morgan fingerprint density at radius 1 is 0.615 bits per heavy atom. The molecule has 3 aromatic rings. The molecular weight excluding hydrogens is 480 g/mol. The Bertz CT molecular complexity index is 1060. The lowest BCUT2D eigenvalue weighted by Gasteiger charge is -2.28. The van der Waals surface area contributed by atoms with E-state index in [9.17, 15) is 4.79 Å². The Kier molecular flexibility index (Phi) is 13.6. The van der Waals surface area contributed by atoms with Crippen LogP contribution in [-0.4, -0.2) is 41.9 Å². The number of carbonyl (C=O) groups excluding carboxylic acids is 1. The highest BCUT2D eigenvalue weighted by molar-refractivity contribution is 5.94. The first-order valence-electron chi connectivity index (χ1n) is 15.0. The van der Waals surface area contributed by atoms with Crippen molar-refractivity contribution < 1.29 is 9.53 Å². The van der Waals surface area contributed by atoms with Crippen LogP contribution in [0.15, 0.2) is 78.9 Å². The van der Waals surface area contributed by atoms with Gasteiger partial charge < -0.3 is 14.5 Å². The maximum atomic E-state index is 13.8. The molecule has 0 saturated heterocycles. The van der Waals surface area contributed by atoms with Crippen LogP contribution in [0.3, 0.4) is 0 Å². The minimum atomic E-state index is 0.102. The third-order valence-corrected chi connectivity index (χ3v) is 7.17. The van der Waals surface area contributed by atoms with Crippen molar-refractivity contribution in [2.75, 3.05) is 26.2 Å². The van der Waals surface area contributed by atoms with Crippen LogP contribution in [0.2, 0.25) is 0 Å². The average Bonchev–Trinajstić information content (AvgIpc) is 2.97. The van der Waals surface area contributed by atoms with Gasteiger partial charge >= 0.3 is 0 Å². The minimum Gasteiger partial charge on any atom is -0.457 e. The molecule has 1 amide bonds. The highest BCUT2D eigenvalue weighted by Crippen LogP contribution is 2.22. The summed E-state index contributed by atoms with van der Waals surface area (Å²) in [5.74, 6) is 1.72. The number of benzene rings is 3. The highest BCUT2D eigenvalue weighted by Gasteiger charge is 2.18. The van der Waals surface area contributed by atoms with Gasteiger partial charge in [-0.05, 0) is 86.3 Å². The molecule has 39 heavy (non-hydrogen) atoms. The SMILES string of the molecule is CCCCCc1ccc(C(=O)N(CCN(CCCC)CCCC)Cc2ccc(Oc3ccccc3)cc2)cc1. The molecule has 0 radical (unpaired) electrons. The van der Waals surface area contributed by atoms with Crippen molar-refractivity contribution in [2.45, 2.75) is 78.7 Å². The van der Waals surface area contributed by atoms with Crippen molar-refractivity contribution in [3.05, 3.63) is 95.6 Å². The summed E-state index contributed by atoms with van der Waals surface area (Å²) in [4.78, 5) is 18.3. The van der Waals surface area contributed by atoms with Gasteiger partial charge in [-0.2, -0.15) is 0 Å². The number of amides is 1. The lowest BCUT2D eigenvalue weighted by Crippen LogP contribution is -2.39. The fraction of sp³-hybridized carbons (Fsp3) is 0.457. The average molecular weight is 529 g/mol. The molecule has 210 valence electrons. The Labute approximate surface area is 237 Å². The molecule has 0 heterocycles. The van der Waals surface area contributed by atoms with Crippen molar-refractivity contribution in [2.24, 2.45) is 0 Å². The second-order valence-electron chi connectivity index (χ2n) is 10.5. The Morgan fingerprint density at radius 3 is 1.82 bits per heavy atom. The second kappa shape index (κ2) is 17.5. The van der Waals surface area contributed by atoms with E-state index in [1.54, 1.807) is 0 Å². The maximum absolute atomic E-state index is 13.8. The lowest BCUT2D eigenvalue weighted by atomic mass is 10.0. The lowest BCUT2D eigenvalue weighted by molar-refractivity contribution is 0.0720. The Morgan fingerprint density at radius 2 is 1.21 bits per heavy atom. The van der Waals surface area contributed by atoms with Crippen LogP contribution in [0.5, 0.6) is 11.5 Å². The molecule has 0 aliphatic heterocycles. The van der Waals surface area contributed by atoms with Crippen molar-refractivity contribution in [3.63, 3.8) is 0 Å². The summed E-state index contributed by atoms with van der Waals surface area (Å²) in [5, 5.41) is 0. The van der Waals surface area contributed by atoms with Gasteiger partial charge in [0.2, 0.25) is 0 Å². The molecule has 3 aromatic carbocycles. The van der Waals surface area contributed by atoms with E-state index >= 15 is 0 Å². The predicted molar refractivity (Wildman–Crippen MR) is 164 cm³/mol. The number of nitrogens with zero attached hydrogens (tertiary/aromatic N) is 2. The van der Waals surface area contributed by atoms with Gasteiger partial charge in [0.15, 0.2) is 0 Å². The van der Waals surface area contributed by atoms with Gasteiger partial charge in [0, 0.05) is 25.2 Å². The molecule has 0 fully saturated rings. The number of ether oxygens (including phenoxy) is 1. The maximum Gasteiger partial charge on any atom is 0.254 e. The summed E-state index contributed by atoms with van der Waals surface area (Å²) >= 11 is 0. The topological polar surface area (TPSA) is 32.8 Å². The summed E-state index contributed by atoms with van der Waals surface area (Å²) in [6.45, 7) is 11.1. The summed E-state index contributed by atoms with van der Waals surface area (Å²) in [5.41, 5.74) is 3.19. The molecule has 0 aliphatic rings. The molecule has 0 N–H and O–H groups in total. The van der Waals surface area contributed by atoms with Gasteiger partial charge in [0.1, 0.15) is 11.5 Å². The van der Waals surface area contributed by atoms with E-state index in [1.807, 2.05) is 59.5 Å². The molecule has 0 aliphatic carbocycles. The predicted octanol–water partition coefficient (Wildman–Crippen LogP) is 8.76. The number of hydrogen-bond acceptors (Lipinski definition) is 3. The number of carbonyl (C=O) groups is 1. The van der Waals surface area contributed by atoms with Gasteiger partial charge in [0.25, 0.3) is 5.91 Å². The molecule has 0 bridgehead atoms. The molecular formula is C35H48N2O2. The monoisotopic (exact) mass is 528 g/mol. The molecule has 0 spiro atoms. The largest absolute Gasteiger partial charge is 0.457 e. The standard InChI is InChI=1S/C35H48N2O2/c1-4-7-11-14-30-17-21-32(22-18-30)35(38)37(28-27-36(25-8-5-2)26-9-6-3)29-31-19-23-34(24-20-31)39-33-15-12-10-13-16-33/h10,12-13,15-24H,4-9,11,14,25-29H2,1-3H3. The number of hydrogen-bond donors (Lipinski definition) is 0. The zero-order chi connectivity index (χ0) is 27.7. The first-order valence-corrected chi connectivity index (χ1v) is 15.0. The van der Waals surface area contributed by atoms with Crippen LogP contribution >= 0.6 is 0 Å². The molecule has 0 atom stereocenters. The van der Waals surface area contributed by atoms with Gasteiger partial charge in [-0.25, -0.2) is 0 Å². The fourth-order valence-corrected chi connectivity index (χ4v) is 4.70. The first kappa shape index (κ1) is 30.4. The molecule has 4 nitrogen and oxygen atoms in total. The van der Waals surface area contributed by atoms with Crippen LogP contribution < -0.4 is 4.74 Å². The third-order valence-electron chi connectivity index (χ3n) is 7.17. The van der Waals surface area contributed by atoms with Crippen LogP contribution in [0.1, 0.15) is 87.2 Å². The summed E-state index contributed by atoms with van der Waals surface area (Å²) < 4.78 is 5.97. The fourth-order valence-electron chi connectivity index (χ4n) is 4.70. The van der Waals surface area contributed by atoms with E-state index in [1.165, 1.54) is 50.5 Å². The quantitative estimate of drug-likeness (QED) is 0.155. The van der Waals surface area contributed by atoms with Crippen LogP contribution in [0, 0.1) is 0 Å². The van der Waals surface area contributed by atoms with Crippen LogP contribution in [0.25, 0.3) is 0 Å². The van der Waals surface area contributed by atoms with Gasteiger partial charge in [-0.1, -0.05) is 88.9 Å². The van der Waals surface area contributed by atoms with Gasteiger partial charge in [-0.3, -0.25) is 4.79 Å². The van der Waals surface area contributed by atoms with Crippen LogP contribution in [0.4, 0.5) is 0 Å². The molecule has 0 unspecified atom stereocenters. The van der Waals surface area contributed by atoms with Crippen molar-refractivity contribution in [3.8, 4) is 11.5 Å². The third kappa shape index (κ3) is 10.9. The van der Waals surface area contributed by atoms with Crippen molar-refractivity contribution in [1.29, 1.82) is 0 Å². The zero-order valence-electron chi connectivity index (χ0n) is 24.4. The zero-order valence-corrected chi connectivity index (χ0v) is 24.4. The molecule has 3 rings (SSSR count). The number of rotatable bonds is 18. The molecule has 0 aromatic heterocycles. The molecule has 4 heteroatoms. The van der Waals surface area contributed by atoms with E-state index in [0.29, 0.717) is 13.1 Å². The van der Waals surface area contributed by atoms with E-state index in [4.69, 9.17) is 4.74 Å². The van der Waals surface area contributed by atoms with E-state index in [0.717, 1.165) is 48.7 Å². The minimum absolute atomic E-state index is 0.102.